The van der Waals surface area contributed by atoms with Gasteiger partial charge in [0.25, 0.3) is 0 Å². The molecule has 0 spiro atoms. The Kier molecular flexibility index (Phi) is 12.8. The third-order valence-corrected chi connectivity index (χ3v) is 5.60. The van der Waals surface area contributed by atoms with Crippen molar-refractivity contribution in [3.05, 3.63) is 12.2 Å². The number of hydrogen-bond donors (Lipinski definition) is 0. The van der Waals surface area contributed by atoms with Gasteiger partial charge in [0.2, 0.25) is 0 Å². The number of carbonyl (C=O) groups is 1. The summed E-state index contributed by atoms with van der Waals surface area (Å²) in [6, 6.07) is 0. The van der Waals surface area contributed by atoms with Gasteiger partial charge in [-0.1, -0.05) is 97.5 Å². The van der Waals surface area contributed by atoms with E-state index in [9.17, 15) is 4.79 Å². The molecular weight excluding hydrogens is 308 g/mol. The van der Waals surface area contributed by atoms with Crippen molar-refractivity contribution in [2.75, 3.05) is 6.61 Å². The molecule has 0 N–H and O–H groups in total. The molecule has 2 unspecified atom stereocenters. The highest BCUT2D eigenvalue weighted by atomic mass is 16.5. The molecule has 1 aliphatic rings. The normalized spacial score (nSPS) is 16.9. The molecule has 1 fully saturated rings. The van der Waals surface area contributed by atoms with Gasteiger partial charge in [-0.3, -0.25) is 0 Å². The Labute approximate surface area is 156 Å². The van der Waals surface area contributed by atoms with Crippen LogP contribution in [0.5, 0.6) is 0 Å². The SMILES string of the molecule is CCCCCCCCCCCCC(C)C(C)COC(=O)/C=C/C1CC1. The molecule has 0 saturated heterocycles. The first kappa shape index (κ1) is 22.3. The van der Waals surface area contributed by atoms with Gasteiger partial charge in [-0.15, -0.1) is 0 Å². The first-order valence-electron chi connectivity index (χ1n) is 11.0. The number of carbonyl (C=O) groups excluding carboxylic acids is 1. The number of unbranched alkanes of at least 4 members (excludes halogenated alkanes) is 9. The van der Waals surface area contributed by atoms with Crippen molar-refractivity contribution >= 4 is 5.97 Å². The highest BCUT2D eigenvalue weighted by molar-refractivity contribution is 5.81. The summed E-state index contributed by atoms with van der Waals surface area (Å²) in [6.45, 7) is 7.34. The van der Waals surface area contributed by atoms with E-state index in [1.165, 1.54) is 83.5 Å². The second-order valence-corrected chi connectivity index (χ2v) is 8.25. The molecule has 0 aliphatic heterocycles. The lowest BCUT2D eigenvalue weighted by Crippen LogP contribution is -2.17. The Morgan fingerprint density at radius 2 is 1.48 bits per heavy atom. The van der Waals surface area contributed by atoms with Crippen LogP contribution >= 0.6 is 0 Å². The van der Waals surface area contributed by atoms with E-state index in [1.54, 1.807) is 6.08 Å². The van der Waals surface area contributed by atoms with E-state index in [4.69, 9.17) is 4.74 Å². The van der Waals surface area contributed by atoms with E-state index < -0.39 is 0 Å². The summed E-state index contributed by atoms with van der Waals surface area (Å²) in [6.07, 6.45) is 21.2. The highest BCUT2D eigenvalue weighted by Crippen LogP contribution is 2.30. The first-order valence-corrected chi connectivity index (χ1v) is 11.0. The average molecular weight is 351 g/mol. The zero-order chi connectivity index (χ0) is 18.3. The molecule has 0 aromatic rings. The van der Waals surface area contributed by atoms with E-state index in [0.717, 1.165) is 0 Å². The molecule has 0 amide bonds. The number of rotatable bonds is 16. The Hall–Kier alpha value is -0.790. The molecule has 0 aromatic heterocycles. The van der Waals surface area contributed by atoms with Gasteiger partial charge >= 0.3 is 5.97 Å². The molecular formula is C23H42O2. The number of esters is 1. The fourth-order valence-electron chi connectivity index (χ4n) is 3.17. The lowest BCUT2D eigenvalue weighted by Gasteiger charge is -2.19. The topological polar surface area (TPSA) is 26.3 Å². The van der Waals surface area contributed by atoms with Gasteiger partial charge in [0.15, 0.2) is 0 Å². The van der Waals surface area contributed by atoms with Crippen LogP contribution in [0.25, 0.3) is 0 Å². The zero-order valence-corrected chi connectivity index (χ0v) is 17.1. The van der Waals surface area contributed by atoms with Crippen LogP contribution < -0.4 is 0 Å². The summed E-state index contributed by atoms with van der Waals surface area (Å²) in [4.78, 5) is 11.6. The Balaban J connectivity index is 1.91. The van der Waals surface area contributed by atoms with Gasteiger partial charge in [-0.2, -0.15) is 0 Å². The van der Waals surface area contributed by atoms with E-state index in [2.05, 4.69) is 20.8 Å². The molecule has 2 heteroatoms. The molecule has 25 heavy (non-hydrogen) atoms. The minimum absolute atomic E-state index is 0.162. The van der Waals surface area contributed by atoms with Gasteiger partial charge in [-0.25, -0.2) is 4.79 Å². The van der Waals surface area contributed by atoms with Crippen LogP contribution in [0, 0.1) is 17.8 Å². The lowest BCUT2D eigenvalue weighted by atomic mass is 9.91. The average Bonchev–Trinajstić information content (AvgIpc) is 3.43. The zero-order valence-electron chi connectivity index (χ0n) is 17.1. The van der Waals surface area contributed by atoms with Gasteiger partial charge in [-0.05, 0) is 30.6 Å². The van der Waals surface area contributed by atoms with Crippen LogP contribution in [0.3, 0.4) is 0 Å². The predicted molar refractivity (Wildman–Crippen MR) is 108 cm³/mol. The van der Waals surface area contributed by atoms with E-state index in [-0.39, 0.29) is 5.97 Å². The minimum atomic E-state index is -0.162. The maximum atomic E-state index is 11.6. The van der Waals surface area contributed by atoms with Crippen molar-refractivity contribution in [1.29, 1.82) is 0 Å². The molecule has 1 aliphatic carbocycles. The van der Waals surface area contributed by atoms with Crippen molar-refractivity contribution in [2.24, 2.45) is 17.8 Å². The van der Waals surface area contributed by atoms with Crippen LogP contribution in [-0.4, -0.2) is 12.6 Å². The Morgan fingerprint density at radius 3 is 2.04 bits per heavy atom. The molecule has 2 nitrogen and oxygen atoms in total. The van der Waals surface area contributed by atoms with E-state index in [1.807, 2.05) is 6.08 Å². The standard InChI is InChI=1S/C23H42O2/c1-4-5-6-7-8-9-10-11-12-13-14-20(2)21(3)19-25-23(24)18-17-22-15-16-22/h17-18,20-22H,4-16,19H2,1-3H3/b18-17+. The van der Waals surface area contributed by atoms with Crippen LogP contribution in [0.15, 0.2) is 12.2 Å². The summed E-state index contributed by atoms with van der Waals surface area (Å²) in [7, 11) is 0. The summed E-state index contributed by atoms with van der Waals surface area (Å²) in [5.41, 5.74) is 0. The molecule has 146 valence electrons. The number of hydrogen-bond acceptors (Lipinski definition) is 2. The molecule has 0 aromatic carbocycles. The van der Waals surface area contributed by atoms with Crippen LogP contribution in [0.2, 0.25) is 0 Å². The molecule has 0 radical (unpaired) electrons. The van der Waals surface area contributed by atoms with Crippen molar-refractivity contribution < 1.29 is 9.53 Å². The molecule has 0 bridgehead atoms. The summed E-state index contributed by atoms with van der Waals surface area (Å²) in [5.74, 6) is 1.57. The molecule has 2 atom stereocenters. The third kappa shape index (κ3) is 13.1. The smallest absolute Gasteiger partial charge is 0.330 e. The highest BCUT2D eigenvalue weighted by Gasteiger charge is 2.18. The van der Waals surface area contributed by atoms with Crippen molar-refractivity contribution in [3.63, 3.8) is 0 Å². The Morgan fingerprint density at radius 1 is 0.920 bits per heavy atom. The summed E-state index contributed by atoms with van der Waals surface area (Å²) in [5, 5.41) is 0. The number of allylic oxidation sites excluding steroid dienone is 1. The van der Waals surface area contributed by atoms with Crippen LogP contribution in [0.1, 0.15) is 104 Å². The van der Waals surface area contributed by atoms with Gasteiger partial charge < -0.3 is 4.74 Å². The third-order valence-electron chi connectivity index (χ3n) is 5.60. The fraction of sp³-hybridized carbons (Fsp3) is 0.870. The first-order chi connectivity index (χ1) is 12.1. The van der Waals surface area contributed by atoms with E-state index >= 15 is 0 Å². The second kappa shape index (κ2) is 14.4. The largest absolute Gasteiger partial charge is 0.462 e. The molecule has 1 rings (SSSR count). The van der Waals surface area contributed by atoms with E-state index in [0.29, 0.717) is 24.4 Å². The fourth-order valence-corrected chi connectivity index (χ4v) is 3.17. The predicted octanol–water partition coefficient (Wildman–Crippen LogP) is 7.08. The lowest BCUT2D eigenvalue weighted by molar-refractivity contribution is -0.139. The van der Waals surface area contributed by atoms with Crippen molar-refractivity contribution in [2.45, 2.75) is 104 Å². The molecule has 1 saturated carbocycles. The Bertz CT molecular complexity index is 357. The van der Waals surface area contributed by atoms with Gasteiger partial charge in [0.05, 0.1) is 6.61 Å². The second-order valence-electron chi connectivity index (χ2n) is 8.25. The van der Waals surface area contributed by atoms with Crippen molar-refractivity contribution in [1.82, 2.24) is 0 Å². The van der Waals surface area contributed by atoms with Crippen LogP contribution in [0.4, 0.5) is 0 Å². The van der Waals surface area contributed by atoms with Crippen LogP contribution in [-0.2, 0) is 9.53 Å². The summed E-state index contributed by atoms with van der Waals surface area (Å²) < 4.78 is 5.38. The monoisotopic (exact) mass is 350 g/mol. The minimum Gasteiger partial charge on any atom is -0.462 e. The molecule has 0 heterocycles. The summed E-state index contributed by atoms with van der Waals surface area (Å²) >= 11 is 0. The van der Waals surface area contributed by atoms with Gasteiger partial charge in [0, 0.05) is 6.08 Å². The van der Waals surface area contributed by atoms with Crippen molar-refractivity contribution in [3.8, 4) is 0 Å². The number of ether oxygens (including phenoxy) is 1. The maximum absolute atomic E-state index is 11.6. The quantitative estimate of drug-likeness (QED) is 0.169. The van der Waals surface area contributed by atoms with Gasteiger partial charge in [0.1, 0.15) is 0 Å². The maximum Gasteiger partial charge on any atom is 0.330 e.